The minimum Gasteiger partial charge on any atom is -0.492 e. The Labute approximate surface area is 236 Å². The molecule has 0 saturated carbocycles. The molecule has 0 unspecified atom stereocenters. The average Bonchev–Trinajstić information content (AvgIpc) is 2.96. The molecule has 0 heterocycles. The van der Waals surface area contributed by atoms with Crippen LogP contribution in [0, 0.1) is 0 Å². The number of amides is 2. The molecule has 2 amide bonds. The average molecular weight is 565 g/mol. The zero-order chi connectivity index (χ0) is 27.5. The largest absolute Gasteiger partial charge is 0.492 e. The highest BCUT2D eigenvalue weighted by atomic mass is 35.5. The Balaban J connectivity index is 1.17. The highest BCUT2D eigenvalue weighted by Crippen LogP contribution is 2.22. The molecule has 0 aliphatic rings. The number of halogens is 2. The molecule has 4 aromatic carbocycles. The van der Waals surface area contributed by atoms with E-state index >= 15 is 0 Å². The second-order valence-electron chi connectivity index (χ2n) is 8.27. The van der Waals surface area contributed by atoms with Gasteiger partial charge in [-0.05, 0) is 97.1 Å². The van der Waals surface area contributed by atoms with E-state index in [0.717, 1.165) is 0 Å². The molecule has 7 nitrogen and oxygen atoms in total. The SMILES string of the molecule is O=C(NCCOc1ccc(Cl)cc1)c1ccc(Oc2ccc(C(=O)NCCOc3ccc(Cl)cc3)cc2)cc1. The van der Waals surface area contributed by atoms with Gasteiger partial charge in [-0.25, -0.2) is 0 Å². The van der Waals surface area contributed by atoms with E-state index in [1.807, 2.05) is 0 Å². The number of benzene rings is 4. The summed E-state index contributed by atoms with van der Waals surface area (Å²) >= 11 is 11.7. The highest BCUT2D eigenvalue weighted by Gasteiger charge is 2.08. The van der Waals surface area contributed by atoms with E-state index in [9.17, 15) is 9.59 Å². The number of hydrogen-bond acceptors (Lipinski definition) is 5. The molecule has 0 bridgehead atoms. The van der Waals surface area contributed by atoms with Crippen molar-refractivity contribution in [2.45, 2.75) is 0 Å². The van der Waals surface area contributed by atoms with Gasteiger partial charge in [0.25, 0.3) is 11.8 Å². The van der Waals surface area contributed by atoms with Gasteiger partial charge in [-0.3, -0.25) is 9.59 Å². The first-order valence-electron chi connectivity index (χ1n) is 12.2. The molecule has 9 heteroatoms. The standard InChI is InChI=1S/C30H26Cl2N2O5/c31-23-5-13-25(14-6-23)37-19-17-33-29(35)21-1-9-27(10-2-21)39-28-11-3-22(4-12-28)30(36)34-18-20-38-26-15-7-24(32)8-16-26/h1-16H,17-20H2,(H,33,35)(H,34,36). The summed E-state index contributed by atoms with van der Waals surface area (Å²) in [4.78, 5) is 24.7. The van der Waals surface area contributed by atoms with Gasteiger partial charge in [0, 0.05) is 21.2 Å². The molecule has 0 radical (unpaired) electrons. The monoisotopic (exact) mass is 564 g/mol. The molecule has 0 fully saturated rings. The Bertz CT molecular complexity index is 1250. The van der Waals surface area contributed by atoms with Gasteiger partial charge < -0.3 is 24.8 Å². The lowest BCUT2D eigenvalue weighted by molar-refractivity contribution is 0.0939. The van der Waals surface area contributed by atoms with Gasteiger partial charge in [0.1, 0.15) is 36.2 Å². The van der Waals surface area contributed by atoms with Crippen molar-refractivity contribution < 1.29 is 23.8 Å². The number of carbonyl (C=O) groups excluding carboxylic acids is 2. The van der Waals surface area contributed by atoms with Crippen LogP contribution in [0.2, 0.25) is 10.0 Å². The zero-order valence-corrected chi connectivity index (χ0v) is 22.4. The summed E-state index contributed by atoms with van der Waals surface area (Å²) in [5, 5.41) is 6.90. The second kappa shape index (κ2) is 14.1. The fourth-order valence-electron chi connectivity index (χ4n) is 3.42. The maximum Gasteiger partial charge on any atom is 0.251 e. The Kier molecular flexibility index (Phi) is 10.1. The van der Waals surface area contributed by atoms with Crippen LogP contribution in [-0.4, -0.2) is 38.1 Å². The molecule has 39 heavy (non-hydrogen) atoms. The van der Waals surface area contributed by atoms with E-state index in [2.05, 4.69) is 10.6 Å². The van der Waals surface area contributed by atoms with Crippen molar-refractivity contribution in [3.63, 3.8) is 0 Å². The number of nitrogens with one attached hydrogen (secondary N) is 2. The smallest absolute Gasteiger partial charge is 0.251 e. The predicted molar refractivity (Wildman–Crippen MR) is 152 cm³/mol. The first kappa shape index (κ1) is 27.8. The van der Waals surface area contributed by atoms with E-state index in [-0.39, 0.29) is 11.8 Å². The van der Waals surface area contributed by atoms with E-state index < -0.39 is 0 Å². The Morgan fingerprint density at radius 2 is 0.846 bits per heavy atom. The summed E-state index contributed by atoms with van der Waals surface area (Å²) < 4.78 is 17.0. The first-order valence-corrected chi connectivity index (χ1v) is 12.9. The molecule has 200 valence electrons. The van der Waals surface area contributed by atoms with Crippen LogP contribution in [0.3, 0.4) is 0 Å². The minimum absolute atomic E-state index is 0.213. The molecular weight excluding hydrogens is 539 g/mol. The molecule has 0 aliphatic heterocycles. The van der Waals surface area contributed by atoms with Gasteiger partial charge in [-0.1, -0.05) is 23.2 Å². The van der Waals surface area contributed by atoms with Crippen LogP contribution in [0.5, 0.6) is 23.0 Å². The van der Waals surface area contributed by atoms with E-state index in [4.69, 9.17) is 37.4 Å². The summed E-state index contributed by atoms with van der Waals surface area (Å²) in [5.74, 6) is 2.07. The van der Waals surface area contributed by atoms with Crippen molar-refractivity contribution >= 4 is 35.0 Å². The van der Waals surface area contributed by atoms with Gasteiger partial charge in [0.2, 0.25) is 0 Å². The summed E-state index contributed by atoms with van der Waals surface area (Å²) in [6.07, 6.45) is 0. The first-order chi connectivity index (χ1) is 19.0. The van der Waals surface area contributed by atoms with Gasteiger partial charge in [0.15, 0.2) is 0 Å². The third kappa shape index (κ3) is 8.95. The number of ether oxygens (including phenoxy) is 3. The van der Waals surface area contributed by atoms with Gasteiger partial charge >= 0.3 is 0 Å². The maximum atomic E-state index is 12.4. The Hall–Kier alpha value is -4.20. The third-order valence-electron chi connectivity index (χ3n) is 5.41. The normalized spacial score (nSPS) is 10.4. The summed E-state index contributed by atoms with van der Waals surface area (Å²) in [6, 6.07) is 27.6. The van der Waals surface area contributed by atoms with Crippen LogP contribution in [-0.2, 0) is 0 Å². The quantitative estimate of drug-likeness (QED) is 0.194. The lowest BCUT2D eigenvalue weighted by Crippen LogP contribution is -2.28. The molecule has 2 N–H and O–H groups in total. The molecular formula is C30H26Cl2N2O5. The van der Waals surface area contributed by atoms with Gasteiger partial charge in [-0.15, -0.1) is 0 Å². The van der Waals surface area contributed by atoms with Crippen LogP contribution in [0.15, 0.2) is 97.1 Å². The van der Waals surface area contributed by atoms with Crippen LogP contribution in [0.1, 0.15) is 20.7 Å². The second-order valence-corrected chi connectivity index (χ2v) is 9.14. The number of carbonyl (C=O) groups is 2. The fourth-order valence-corrected chi connectivity index (χ4v) is 3.67. The van der Waals surface area contributed by atoms with E-state index in [1.165, 1.54) is 0 Å². The van der Waals surface area contributed by atoms with Crippen molar-refractivity contribution in [1.29, 1.82) is 0 Å². The summed E-state index contributed by atoms with van der Waals surface area (Å²) in [5.41, 5.74) is 1.00. The van der Waals surface area contributed by atoms with Crippen molar-refractivity contribution in [3.05, 3.63) is 118 Å². The summed E-state index contributed by atoms with van der Waals surface area (Å²) in [7, 11) is 0. The minimum atomic E-state index is -0.213. The van der Waals surface area contributed by atoms with E-state index in [0.29, 0.717) is 70.5 Å². The summed E-state index contributed by atoms with van der Waals surface area (Å²) in [6.45, 7) is 1.38. The Morgan fingerprint density at radius 3 is 1.21 bits per heavy atom. The molecule has 4 rings (SSSR count). The van der Waals surface area contributed by atoms with E-state index in [1.54, 1.807) is 97.1 Å². The van der Waals surface area contributed by atoms with Crippen molar-refractivity contribution in [1.82, 2.24) is 10.6 Å². The van der Waals surface area contributed by atoms with Gasteiger partial charge in [-0.2, -0.15) is 0 Å². The van der Waals surface area contributed by atoms with Gasteiger partial charge in [0.05, 0.1) is 13.1 Å². The molecule has 0 aromatic heterocycles. The number of hydrogen-bond donors (Lipinski definition) is 2. The van der Waals surface area contributed by atoms with Crippen molar-refractivity contribution in [2.24, 2.45) is 0 Å². The number of rotatable bonds is 12. The molecule has 0 aliphatic carbocycles. The van der Waals surface area contributed by atoms with Crippen LogP contribution < -0.4 is 24.8 Å². The molecule has 0 spiro atoms. The Morgan fingerprint density at radius 1 is 0.513 bits per heavy atom. The molecule has 0 saturated heterocycles. The molecule has 0 atom stereocenters. The third-order valence-corrected chi connectivity index (χ3v) is 5.91. The molecule has 4 aromatic rings. The van der Waals surface area contributed by atoms with Crippen molar-refractivity contribution in [2.75, 3.05) is 26.3 Å². The maximum absolute atomic E-state index is 12.4. The van der Waals surface area contributed by atoms with Crippen LogP contribution >= 0.6 is 23.2 Å². The van der Waals surface area contributed by atoms with Crippen molar-refractivity contribution in [3.8, 4) is 23.0 Å². The fraction of sp³-hybridized carbons (Fsp3) is 0.133. The lowest BCUT2D eigenvalue weighted by atomic mass is 10.2. The zero-order valence-electron chi connectivity index (χ0n) is 20.9. The van der Waals surface area contributed by atoms with Crippen LogP contribution in [0.25, 0.3) is 0 Å². The predicted octanol–water partition coefficient (Wildman–Crippen LogP) is 6.40. The highest BCUT2D eigenvalue weighted by molar-refractivity contribution is 6.30. The lowest BCUT2D eigenvalue weighted by Gasteiger charge is -2.10. The topological polar surface area (TPSA) is 85.9 Å². The van der Waals surface area contributed by atoms with Crippen LogP contribution in [0.4, 0.5) is 0 Å².